The summed E-state index contributed by atoms with van der Waals surface area (Å²) in [6.45, 7) is 7.71. The third kappa shape index (κ3) is 3.08. The minimum absolute atomic E-state index is 0.0271. The lowest BCUT2D eigenvalue weighted by Gasteiger charge is -2.24. The number of rotatable bonds is 5. The minimum Gasteiger partial charge on any atom is -0.399 e. The Bertz CT molecular complexity index is 606. The largest absolute Gasteiger partial charge is 0.399 e. The van der Waals surface area contributed by atoms with Crippen LogP contribution in [0.2, 0.25) is 0 Å². The molecule has 5 nitrogen and oxygen atoms in total. The highest BCUT2D eigenvalue weighted by atomic mass is 32.1. The van der Waals surface area contributed by atoms with Crippen molar-refractivity contribution < 1.29 is 4.79 Å². The number of hydrogen-bond donors (Lipinski definition) is 2. The first-order valence-electron chi connectivity index (χ1n) is 6.76. The van der Waals surface area contributed by atoms with Gasteiger partial charge in [0.25, 0.3) is 0 Å². The summed E-state index contributed by atoms with van der Waals surface area (Å²) in [5.74, 6) is -0.0271. The smallest absolute Gasteiger partial charge is 0.243 e. The van der Waals surface area contributed by atoms with Gasteiger partial charge >= 0.3 is 0 Å². The number of likely N-dealkylation sites (N-methyl/N-ethyl adjacent to an activating group) is 1. The van der Waals surface area contributed by atoms with Gasteiger partial charge in [-0.15, -0.1) is 0 Å². The molecule has 0 fully saturated rings. The van der Waals surface area contributed by atoms with E-state index in [2.05, 4.69) is 15.2 Å². The van der Waals surface area contributed by atoms with E-state index in [1.165, 1.54) is 11.3 Å². The highest BCUT2D eigenvalue weighted by Gasteiger charge is 2.19. The summed E-state index contributed by atoms with van der Waals surface area (Å²) in [6.07, 6.45) is 0. The SMILES string of the molecule is CCN(CC)C(C)C(=O)Nc1nc2ccc(N)cc2s1. The van der Waals surface area contributed by atoms with Crippen molar-refractivity contribution in [1.29, 1.82) is 0 Å². The molecule has 0 aliphatic carbocycles. The Morgan fingerprint density at radius 1 is 1.45 bits per heavy atom. The van der Waals surface area contributed by atoms with Crippen LogP contribution in [0.1, 0.15) is 20.8 Å². The number of amides is 1. The second-order valence-corrected chi connectivity index (χ2v) is 5.66. The van der Waals surface area contributed by atoms with Gasteiger partial charge in [-0.3, -0.25) is 9.69 Å². The van der Waals surface area contributed by atoms with E-state index in [9.17, 15) is 4.79 Å². The number of hydrogen-bond acceptors (Lipinski definition) is 5. The van der Waals surface area contributed by atoms with E-state index in [0.29, 0.717) is 10.8 Å². The summed E-state index contributed by atoms with van der Waals surface area (Å²) in [5.41, 5.74) is 7.30. The van der Waals surface area contributed by atoms with Crippen molar-refractivity contribution in [1.82, 2.24) is 9.88 Å². The lowest BCUT2D eigenvalue weighted by Crippen LogP contribution is -2.41. The molecule has 1 heterocycles. The van der Waals surface area contributed by atoms with Gasteiger partial charge in [-0.05, 0) is 38.2 Å². The average molecular weight is 292 g/mol. The Kier molecular flexibility index (Phi) is 4.57. The molecule has 0 spiro atoms. The van der Waals surface area contributed by atoms with E-state index in [1.54, 1.807) is 0 Å². The molecule has 0 aliphatic rings. The van der Waals surface area contributed by atoms with Gasteiger partial charge in [-0.2, -0.15) is 0 Å². The van der Waals surface area contributed by atoms with Gasteiger partial charge in [-0.25, -0.2) is 4.98 Å². The lowest BCUT2D eigenvalue weighted by molar-refractivity contribution is -0.120. The van der Waals surface area contributed by atoms with Crippen LogP contribution in [-0.4, -0.2) is 34.9 Å². The van der Waals surface area contributed by atoms with Crippen molar-refractivity contribution in [2.24, 2.45) is 0 Å². The molecule has 3 N–H and O–H groups in total. The number of nitrogens with one attached hydrogen (secondary N) is 1. The van der Waals surface area contributed by atoms with Crippen LogP contribution in [0.4, 0.5) is 10.8 Å². The Hall–Kier alpha value is -1.66. The maximum Gasteiger partial charge on any atom is 0.243 e. The molecule has 0 saturated carbocycles. The number of nitrogen functional groups attached to an aromatic ring is 1. The number of aromatic nitrogens is 1. The van der Waals surface area contributed by atoms with Crippen LogP contribution >= 0.6 is 11.3 Å². The molecule has 1 atom stereocenters. The zero-order chi connectivity index (χ0) is 14.7. The van der Waals surface area contributed by atoms with E-state index < -0.39 is 0 Å². The average Bonchev–Trinajstić information content (AvgIpc) is 2.81. The number of benzene rings is 1. The first-order valence-corrected chi connectivity index (χ1v) is 7.57. The van der Waals surface area contributed by atoms with Crippen molar-refractivity contribution in [2.75, 3.05) is 24.1 Å². The van der Waals surface area contributed by atoms with E-state index in [1.807, 2.05) is 39.0 Å². The Labute approximate surface area is 122 Å². The van der Waals surface area contributed by atoms with Crippen molar-refractivity contribution in [3.63, 3.8) is 0 Å². The molecule has 108 valence electrons. The van der Waals surface area contributed by atoms with E-state index >= 15 is 0 Å². The standard InChI is InChI=1S/C14H20N4OS/c1-4-18(5-2)9(3)13(19)17-14-16-11-7-6-10(15)8-12(11)20-14/h6-9H,4-5,15H2,1-3H3,(H,16,17,19). The summed E-state index contributed by atoms with van der Waals surface area (Å²) < 4.78 is 0.982. The molecule has 0 bridgehead atoms. The third-order valence-corrected chi connectivity index (χ3v) is 4.32. The molecular weight excluding hydrogens is 272 g/mol. The molecule has 20 heavy (non-hydrogen) atoms. The van der Waals surface area contributed by atoms with Gasteiger partial charge in [-0.1, -0.05) is 25.2 Å². The second kappa shape index (κ2) is 6.19. The maximum absolute atomic E-state index is 12.2. The lowest BCUT2D eigenvalue weighted by atomic mass is 10.2. The van der Waals surface area contributed by atoms with E-state index in [0.717, 1.165) is 23.3 Å². The number of thiazole rings is 1. The van der Waals surface area contributed by atoms with Gasteiger partial charge in [0.1, 0.15) is 0 Å². The van der Waals surface area contributed by atoms with Crippen LogP contribution in [-0.2, 0) is 4.79 Å². The van der Waals surface area contributed by atoms with Crippen LogP contribution in [0.5, 0.6) is 0 Å². The quantitative estimate of drug-likeness (QED) is 0.831. The molecule has 1 aromatic heterocycles. The van der Waals surface area contributed by atoms with Gasteiger partial charge in [0.05, 0.1) is 16.3 Å². The predicted molar refractivity (Wildman–Crippen MR) is 85.0 cm³/mol. The van der Waals surface area contributed by atoms with Crippen molar-refractivity contribution in [3.8, 4) is 0 Å². The molecule has 0 radical (unpaired) electrons. The first kappa shape index (κ1) is 14.7. The number of anilines is 2. The molecule has 0 saturated heterocycles. The highest BCUT2D eigenvalue weighted by molar-refractivity contribution is 7.22. The van der Waals surface area contributed by atoms with Crippen LogP contribution < -0.4 is 11.1 Å². The Morgan fingerprint density at radius 3 is 2.80 bits per heavy atom. The van der Waals surface area contributed by atoms with Crippen LogP contribution in [0.25, 0.3) is 10.2 Å². The van der Waals surface area contributed by atoms with Crippen LogP contribution in [0, 0.1) is 0 Å². The molecule has 1 amide bonds. The highest BCUT2D eigenvalue weighted by Crippen LogP contribution is 2.27. The Morgan fingerprint density at radius 2 is 2.15 bits per heavy atom. The number of nitrogens with two attached hydrogens (primary N) is 1. The van der Waals surface area contributed by atoms with Gasteiger partial charge in [0.2, 0.25) is 5.91 Å². The monoisotopic (exact) mass is 292 g/mol. The summed E-state index contributed by atoms with van der Waals surface area (Å²) in [7, 11) is 0. The van der Waals surface area contributed by atoms with E-state index in [-0.39, 0.29) is 11.9 Å². The van der Waals surface area contributed by atoms with E-state index in [4.69, 9.17) is 5.73 Å². The zero-order valence-electron chi connectivity index (χ0n) is 12.0. The molecule has 2 rings (SSSR count). The van der Waals surface area contributed by atoms with Crippen LogP contribution in [0.3, 0.4) is 0 Å². The molecule has 2 aromatic rings. The van der Waals surface area contributed by atoms with Crippen molar-refractivity contribution in [3.05, 3.63) is 18.2 Å². The second-order valence-electron chi connectivity index (χ2n) is 4.63. The zero-order valence-corrected chi connectivity index (χ0v) is 12.8. The number of carbonyl (C=O) groups is 1. The molecular formula is C14H20N4OS. The molecule has 1 unspecified atom stereocenters. The molecule has 6 heteroatoms. The fourth-order valence-electron chi connectivity index (χ4n) is 2.14. The topological polar surface area (TPSA) is 71.2 Å². The fraction of sp³-hybridized carbons (Fsp3) is 0.429. The number of fused-ring (bicyclic) bond motifs is 1. The fourth-order valence-corrected chi connectivity index (χ4v) is 3.06. The molecule has 1 aromatic carbocycles. The van der Waals surface area contributed by atoms with Gasteiger partial charge in [0.15, 0.2) is 5.13 Å². The summed E-state index contributed by atoms with van der Waals surface area (Å²) in [6, 6.07) is 5.38. The van der Waals surface area contributed by atoms with Gasteiger partial charge < -0.3 is 11.1 Å². The summed E-state index contributed by atoms with van der Waals surface area (Å²) >= 11 is 1.44. The number of nitrogens with zero attached hydrogens (tertiary/aromatic N) is 2. The van der Waals surface area contributed by atoms with Crippen LogP contribution in [0.15, 0.2) is 18.2 Å². The van der Waals surface area contributed by atoms with Gasteiger partial charge in [0, 0.05) is 5.69 Å². The maximum atomic E-state index is 12.2. The number of carbonyl (C=O) groups excluding carboxylic acids is 1. The first-order chi connectivity index (χ1) is 9.55. The molecule has 0 aliphatic heterocycles. The van der Waals surface area contributed by atoms with Crippen molar-refractivity contribution >= 4 is 38.3 Å². The summed E-state index contributed by atoms with van der Waals surface area (Å²) in [5, 5.41) is 3.51. The Balaban J connectivity index is 2.13. The minimum atomic E-state index is -0.165. The normalized spacial score (nSPS) is 12.8. The van der Waals surface area contributed by atoms with Crippen molar-refractivity contribution in [2.45, 2.75) is 26.8 Å². The predicted octanol–water partition coefficient (Wildman–Crippen LogP) is 2.55. The summed E-state index contributed by atoms with van der Waals surface area (Å²) in [4.78, 5) is 18.7. The third-order valence-electron chi connectivity index (χ3n) is 3.38.